The Hall–Kier alpha value is -0.380. The molecule has 0 aromatic carbocycles. The summed E-state index contributed by atoms with van der Waals surface area (Å²) < 4.78 is 11.1. The summed E-state index contributed by atoms with van der Waals surface area (Å²) in [6.07, 6.45) is 3.99. The Labute approximate surface area is 151 Å². The van der Waals surface area contributed by atoms with Gasteiger partial charge in [0, 0.05) is 35.9 Å². The van der Waals surface area contributed by atoms with Gasteiger partial charge in [0.05, 0.1) is 36.9 Å². The molecule has 1 aliphatic rings. The maximum absolute atomic E-state index is 9.75. The van der Waals surface area contributed by atoms with Crippen molar-refractivity contribution in [3.8, 4) is 0 Å². The molecule has 0 fully saturated rings. The molecule has 0 aromatic rings. The van der Waals surface area contributed by atoms with Gasteiger partial charge in [-0.2, -0.15) is 23.5 Å². The molecule has 6 nitrogen and oxygen atoms in total. The number of allylic oxidation sites excluding steroid dienone is 4. The minimum Gasteiger partial charge on any atom is -0.495 e. The first-order chi connectivity index (χ1) is 11.7. The summed E-state index contributed by atoms with van der Waals surface area (Å²) in [6.45, 7) is 0.724. The summed E-state index contributed by atoms with van der Waals surface area (Å²) in [5, 5.41) is 36.9. The molecule has 1 aliphatic carbocycles. The average Bonchev–Trinajstić information content (AvgIpc) is 2.59. The minimum atomic E-state index is -0.546. The largest absolute Gasteiger partial charge is 0.495 e. The van der Waals surface area contributed by atoms with Crippen LogP contribution in [-0.4, -0.2) is 82.1 Å². The first kappa shape index (κ1) is 21.7. The molecule has 0 saturated heterocycles. The number of thioether (sulfide) groups is 2. The lowest BCUT2D eigenvalue weighted by molar-refractivity contribution is 0.0721. The second kappa shape index (κ2) is 13.9. The van der Waals surface area contributed by atoms with Crippen molar-refractivity contribution in [3.05, 3.63) is 23.7 Å². The van der Waals surface area contributed by atoms with Crippen molar-refractivity contribution < 1.29 is 29.9 Å². The molecule has 4 N–H and O–H groups in total. The van der Waals surface area contributed by atoms with Crippen LogP contribution in [0.5, 0.6) is 0 Å². The van der Waals surface area contributed by atoms with E-state index in [1.165, 1.54) is 23.5 Å². The average molecular weight is 381 g/mol. The van der Waals surface area contributed by atoms with Crippen LogP contribution in [0.1, 0.15) is 12.8 Å². The van der Waals surface area contributed by atoms with Crippen LogP contribution < -0.4 is 0 Å². The highest BCUT2D eigenvalue weighted by atomic mass is 32.2. The SMILES string of the molecule is OCCSCC(O)COC1=CC=C(OCC(O)CSCCO)CC1. The third-order valence-electron chi connectivity index (χ3n) is 3.09. The number of hydrogen-bond donors (Lipinski definition) is 4. The molecule has 0 aromatic heterocycles. The second-order valence-electron chi connectivity index (χ2n) is 5.29. The van der Waals surface area contributed by atoms with Gasteiger partial charge in [0.2, 0.25) is 0 Å². The fraction of sp³-hybridized carbons (Fsp3) is 0.750. The van der Waals surface area contributed by atoms with Crippen LogP contribution in [0.3, 0.4) is 0 Å². The first-order valence-corrected chi connectivity index (χ1v) is 10.3. The highest BCUT2D eigenvalue weighted by Gasteiger charge is 2.13. The van der Waals surface area contributed by atoms with Crippen LogP contribution in [0.15, 0.2) is 23.7 Å². The van der Waals surface area contributed by atoms with Crippen LogP contribution in [0.25, 0.3) is 0 Å². The molecule has 140 valence electrons. The minimum absolute atomic E-state index is 0.117. The smallest absolute Gasteiger partial charge is 0.114 e. The van der Waals surface area contributed by atoms with Crippen LogP contribution >= 0.6 is 23.5 Å². The maximum Gasteiger partial charge on any atom is 0.114 e. The Kier molecular flexibility index (Phi) is 12.5. The summed E-state index contributed by atoms with van der Waals surface area (Å²) in [7, 11) is 0. The van der Waals surface area contributed by atoms with E-state index in [4.69, 9.17) is 19.7 Å². The van der Waals surface area contributed by atoms with Gasteiger partial charge in [0.25, 0.3) is 0 Å². The molecule has 1 rings (SSSR count). The Balaban J connectivity index is 2.19. The lowest BCUT2D eigenvalue weighted by Crippen LogP contribution is -2.20. The van der Waals surface area contributed by atoms with Crippen molar-refractivity contribution in [2.45, 2.75) is 25.0 Å². The molecule has 0 saturated carbocycles. The molecule has 0 bridgehead atoms. The van der Waals surface area contributed by atoms with Crippen LogP contribution in [0, 0.1) is 0 Å². The van der Waals surface area contributed by atoms with Crippen molar-refractivity contribution in [3.63, 3.8) is 0 Å². The fourth-order valence-corrected chi connectivity index (χ4v) is 3.24. The zero-order valence-corrected chi connectivity index (χ0v) is 15.4. The molecule has 2 atom stereocenters. The lowest BCUT2D eigenvalue weighted by atomic mass is 10.1. The monoisotopic (exact) mass is 380 g/mol. The zero-order chi connectivity index (χ0) is 17.6. The number of aliphatic hydroxyl groups is 4. The van der Waals surface area contributed by atoms with E-state index in [1.807, 2.05) is 12.2 Å². The summed E-state index contributed by atoms with van der Waals surface area (Å²) >= 11 is 2.99. The van der Waals surface area contributed by atoms with Crippen LogP contribution in [-0.2, 0) is 9.47 Å². The van der Waals surface area contributed by atoms with Crippen LogP contribution in [0.2, 0.25) is 0 Å². The van der Waals surface area contributed by atoms with Crippen molar-refractivity contribution in [1.82, 2.24) is 0 Å². The van der Waals surface area contributed by atoms with E-state index in [0.717, 1.165) is 11.5 Å². The lowest BCUT2D eigenvalue weighted by Gasteiger charge is -2.19. The van der Waals surface area contributed by atoms with Gasteiger partial charge in [-0.3, -0.25) is 0 Å². The molecule has 24 heavy (non-hydrogen) atoms. The molecule has 2 unspecified atom stereocenters. The standard InChI is InChI=1S/C16H28O6S2/c17-5-7-23-11-13(19)9-21-15-1-2-16(4-3-15)22-10-14(20)12-24-8-6-18/h1-2,13-14,17-20H,3-12H2. The van der Waals surface area contributed by atoms with E-state index in [0.29, 0.717) is 35.9 Å². The van der Waals surface area contributed by atoms with Crippen molar-refractivity contribution >= 4 is 23.5 Å². The summed E-state index contributed by atoms with van der Waals surface area (Å²) in [6, 6.07) is 0. The van der Waals surface area contributed by atoms with Crippen molar-refractivity contribution in [1.29, 1.82) is 0 Å². The predicted octanol–water partition coefficient (Wildman–Crippen LogP) is 0.754. The van der Waals surface area contributed by atoms with Gasteiger partial charge >= 0.3 is 0 Å². The molecule has 0 aliphatic heterocycles. The third kappa shape index (κ3) is 10.5. The summed E-state index contributed by atoms with van der Waals surface area (Å²) in [5.74, 6) is 3.95. The zero-order valence-electron chi connectivity index (χ0n) is 13.8. The van der Waals surface area contributed by atoms with Gasteiger partial charge in [0.15, 0.2) is 0 Å². The highest BCUT2D eigenvalue weighted by Crippen LogP contribution is 2.21. The molecule has 8 heteroatoms. The highest BCUT2D eigenvalue weighted by molar-refractivity contribution is 7.99. The van der Waals surface area contributed by atoms with Crippen molar-refractivity contribution in [2.24, 2.45) is 0 Å². The number of ether oxygens (including phenoxy) is 2. The number of rotatable bonds is 14. The number of hydrogen-bond acceptors (Lipinski definition) is 8. The fourth-order valence-electron chi connectivity index (χ4n) is 1.91. The van der Waals surface area contributed by atoms with E-state index in [9.17, 15) is 10.2 Å². The Morgan fingerprint density at radius 3 is 1.58 bits per heavy atom. The Morgan fingerprint density at radius 2 is 1.25 bits per heavy atom. The normalized spacial score (nSPS) is 17.0. The van der Waals surface area contributed by atoms with Gasteiger partial charge in [-0.1, -0.05) is 0 Å². The summed E-state index contributed by atoms with van der Waals surface area (Å²) in [5.41, 5.74) is 0. The maximum atomic E-state index is 9.75. The van der Waals surface area contributed by atoms with E-state index in [2.05, 4.69) is 0 Å². The van der Waals surface area contributed by atoms with Crippen molar-refractivity contribution in [2.75, 3.05) is 49.4 Å². The molecule has 0 amide bonds. The van der Waals surface area contributed by atoms with Gasteiger partial charge in [-0.05, 0) is 12.2 Å². The molecular formula is C16H28O6S2. The van der Waals surface area contributed by atoms with E-state index >= 15 is 0 Å². The second-order valence-corrected chi connectivity index (χ2v) is 7.59. The molecule has 0 heterocycles. The summed E-state index contributed by atoms with van der Waals surface area (Å²) in [4.78, 5) is 0. The van der Waals surface area contributed by atoms with Gasteiger partial charge in [0.1, 0.15) is 13.2 Å². The van der Waals surface area contributed by atoms with Crippen LogP contribution in [0.4, 0.5) is 0 Å². The van der Waals surface area contributed by atoms with Gasteiger partial charge in [-0.25, -0.2) is 0 Å². The van der Waals surface area contributed by atoms with Gasteiger partial charge < -0.3 is 29.9 Å². The predicted molar refractivity (Wildman–Crippen MR) is 98.1 cm³/mol. The molecule has 0 spiro atoms. The number of aliphatic hydroxyl groups excluding tert-OH is 4. The van der Waals surface area contributed by atoms with Gasteiger partial charge in [-0.15, -0.1) is 0 Å². The Morgan fingerprint density at radius 1 is 0.833 bits per heavy atom. The van der Waals surface area contributed by atoms with E-state index in [-0.39, 0.29) is 26.4 Å². The molecule has 0 radical (unpaired) electrons. The first-order valence-electron chi connectivity index (χ1n) is 8.04. The van der Waals surface area contributed by atoms with E-state index in [1.54, 1.807) is 0 Å². The molecular weight excluding hydrogens is 352 g/mol. The topological polar surface area (TPSA) is 99.4 Å². The Bertz CT molecular complexity index is 353. The van der Waals surface area contributed by atoms with E-state index < -0.39 is 12.2 Å². The quantitative estimate of drug-likeness (QED) is 0.328. The third-order valence-corrected chi connectivity index (χ3v) is 5.27.